The smallest absolute Gasteiger partial charge is 0.227 e. The average Bonchev–Trinajstić information content (AvgIpc) is 2.83. The lowest BCUT2D eigenvalue weighted by molar-refractivity contribution is -0.118. The number of carbonyl (C=O) groups excluding carboxylic acids is 1. The highest BCUT2D eigenvalue weighted by molar-refractivity contribution is 7.16. The summed E-state index contributed by atoms with van der Waals surface area (Å²) in [6, 6.07) is 2.26. The van der Waals surface area contributed by atoms with E-state index in [-0.39, 0.29) is 0 Å². The molecule has 0 N–H and O–H groups in total. The van der Waals surface area contributed by atoms with Gasteiger partial charge in [-0.2, -0.15) is 0 Å². The zero-order valence-corrected chi connectivity index (χ0v) is 13.0. The van der Waals surface area contributed by atoms with E-state index in [1.54, 1.807) is 0 Å². The first kappa shape index (κ1) is 14.6. The molecule has 0 atom stereocenters. The fourth-order valence-electron chi connectivity index (χ4n) is 2.72. The predicted molar refractivity (Wildman–Crippen MR) is 83.1 cm³/mol. The van der Waals surface area contributed by atoms with Crippen molar-refractivity contribution < 1.29 is 4.79 Å². The summed E-state index contributed by atoms with van der Waals surface area (Å²) in [6.07, 6.45) is 9.08. The molecule has 0 unspecified atom stereocenters. The number of rotatable bonds is 6. The molecule has 0 radical (unpaired) electrons. The van der Waals surface area contributed by atoms with Crippen LogP contribution >= 0.6 is 11.3 Å². The van der Waals surface area contributed by atoms with E-state index in [1.165, 1.54) is 47.5 Å². The molecule has 1 aliphatic carbocycles. The van der Waals surface area contributed by atoms with Crippen molar-refractivity contribution in [3.05, 3.63) is 16.5 Å². The molecule has 1 aromatic heterocycles. The van der Waals surface area contributed by atoms with Crippen molar-refractivity contribution in [1.29, 1.82) is 0 Å². The lowest BCUT2D eigenvalue weighted by Crippen LogP contribution is -2.29. The van der Waals surface area contributed by atoms with Crippen LogP contribution in [0.4, 0.5) is 5.00 Å². The number of carbonyl (C=O) groups is 1. The standard InChI is InChI=1S/C16H25NOS/c1-3-5-6-11-15(18)17(4-2)16-12-13-9-7-8-10-14(13)19-16/h12H,3-11H2,1-2H3. The van der Waals surface area contributed by atoms with E-state index < -0.39 is 0 Å². The average molecular weight is 279 g/mol. The molecule has 0 aromatic carbocycles. The van der Waals surface area contributed by atoms with Gasteiger partial charge in [0.25, 0.3) is 0 Å². The Morgan fingerprint density at radius 3 is 2.74 bits per heavy atom. The molecule has 19 heavy (non-hydrogen) atoms. The van der Waals surface area contributed by atoms with Gasteiger partial charge >= 0.3 is 0 Å². The molecule has 3 heteroatoms. The van der Waals surface area contributed by atoms with E-state index in [9.17, 15) is 4.79 Å². The predicted octanol–water partition coefficient (Wildman–Crippen LogP) is 4.56. The number of anilines is 1. The number of unbranched alkanes of at least 4 members (excludes halogenated alkanes) is 2. The maximum atomic E-state index is 12.3. The van der Waals surface area contributed by atoms with Crippen LogP contribution in [0.15, 0.2) is 6.07 Å². The van der Waals surface area contributed by atoms with Gasteiger partial charge in [0.15, 0.2) is 0 Å². The summed E-state index contributed by atoms with van der Waals surface area (Å²) in [7, 11) is 0. The Morgan fingerprint density at radius 1 is 1.26 bits per heavy atom. The van der Waals surface area contributed by atoms with Crippen LogP contribution in [0.3, 0.4) is 0 Å². The molecule has 2 nitrogen and oxygen atoms in total. The molecule has 0 bridgehead atoms. The maximum Gasteiger partial charge on any atom is 0.227 e. The van der Waals surface area contributed by atoms with Gasteiger partial charge in [-0.15, -0.1) is 11.3 Å². The largest absolute Gasteiger partial charge is 0.304 e. The van der Waals surface area contributed by atoms with E-state index in [4.69, 9.17) is 0 Å². The molecule has 0 saturated heterocycles. The first-order valence-corrected chi connectivity index (χ1v) is 8.49. The first-order chi connectivity index (χ1) is 9.26. The van der Waals surface area contributed by atoms with E-state index in [1.807, 2.05) is 16.2 Å². The molecule has 2 rings (SSSR count). The molecular formula is C16H25NOS. The second-order valence-corrected chi connectivity index (χ2v) is 6.45. The molecule has 1 aliphatic rings. The molecule has 1 aromatic rings. The van der Waals surface area contributed by atoms with Crippen molar-refractivity contribution in [2.24, 2.45) is 0 Å². The van der Waals surface area contributed by atoms with Crippen molar-refractivity contribution in [2.45, 2.75) is 65.2 Å². The Kier molecular flexibility index (Phi) is 5.44. The number of fused-ring (bicyclic) bond motifs is 1. The van der Waals surface area contributed by atoms with Gasteiger partial charge in [-0.1, -0.05) is 19.8 Å². The molecule has 0 saturated carbocycles. The summed E-state index contributed by atoms with van der Waals surface area (Å²) in [5, 5.41) is 1.18. The number of nitrogens with zero attached hydrogens (tertiary/aromatic N) is 1. The fourth-order valence-corrected chi connectivity index (χ4v) is 4.06. The second kappa shape index (κ2) is 7.09. The van der Waals surface area contributed by atoms with Crippen LogP contribution in [0.1, 0.15) is 62.8 Å². The number of thiophene rings is 1. The first-order valence-electron chi connectivity index (χ1n) is 7.68. The second-order valence-electron chi connectivity index (χ2n) is 5.34. The summed E-state index contributed by atoms with van der Waals surface area (Å²) >= 11 is 1.84. The zero-order chi connectivity index (χ0) is 13.7. The van der Waals surface area contributed by atoms with Crippen molar-refractivity contribution in [1.82, 2.24) is 0 Å². The lowest BCUT2D eigenvalue weighted by Gasteiger charge is -2.18. The Hall–Kier alpha value is -0.830. The van der Waals surface area contributed by atoms with Crippen LogP contribution in [-0.2, 0) is 17.6 Å². The van der Waals surface area contributed by atoms with Crippen molar-refractivity contribution in [3.8, 4) is 0 Å². The summed E-state index contributed by atoms with van der Waals surface area (Å²) in [5.74, 6) is 0.301. The molecule has 0 spiro atoms. The van der Waals surface area contributed by atoms with Crippen LogP contribution in [0.25, 0.3) is 0 Å². The minimum Gasteiger partial charge on any atom is -0.304 e. The van der Waals surface area contributed by atoms with Gasteiger partial charge in [0.1, 0.15) is 0 Å². The molecule has 0 aliphatic heterocycles. The van der Waals surface area contributed by atoms with Crippen LogP contribution in [0.2, 0.25) is 0 Å². The summed E-state index contributed by atoms with van der Waals surface area (Å²) in [5.41, 5.74) is 1.49. The Bertz CT molecular complexity index is 401. The number of aryl methyl sites for hydroxylation is 2. The highest BCUT2D eigenvalue weighted by Gasteiger charge is 2.19. The van der Waals surface area contributed by atoms with Crippen molar-refractivity contribution >= 4 is 22.2 Å². The normalized spacial score (nSPS) is 14.2. The summed E-state index contributed by atoms with van der Waals surface area (Å²) in [4.78, 5) is 15.8. The van der Waals surface area contributed by atoms with E-state index in [0.29, 0.717) is 12.3 Å². The maximum absolute atomic E-state index is 12.3. The Morgan fingerprint density at radius 2 is 2.05 bits per heavy atom. The van der Waals surface area contributed by atoms with E-state index in [0.717, 1.165) is 19.4 Å². The van der Waals surface area contributed by atoms with Crippen LogP contribution in [0, 0.1) is 0 Å². The Labute approximate surface area is 120 Å². The van der Waals surface area contributed by atoms with Gasteiger partial charge in [0.05, 0.1) is 5.00 Å². The van der Waals surface area contributed by atoms with Gasteiger partial charge in [-0.05, 0) is 50.7 Å². The molecular weight excluding hydrogens is 254 g/mol. The highest BCUT2D eigenvalue weighted by atomic mass is 32.1. The van der Waals surface area contributed by atoms with E-state index in [2.05, 4.69) is 19.9 Å². The molecule has 1 heterocycles. The van der Waals surface area contributed by atoms with Crippen molar-refractivity contribution in [3.63, 3.8) is 0 Å². The lowest BCUT2D eigenvalue weighted by atomic mass is 9.99. The fraction of sp³-hybridized carbons (Fsp3) is 0.688. The van der Waals surface area contributed by atoms with Gasteiger partial charge in [-0.25, -0.2) is 0 Å². The van der Waals surface area contributed by atoms with Crippen LogP contribution < -0.4 is 4.90 Å². The quantitative estimate of drug-likeness (QED) is 0.699. The number of hydrogen-bond donors (Lipinski definition) is 0. The minimum atomic E-state index is 0.301. The summed E-state index contributed by atoms with van der Waals surface area (Å²) < 4.78 is 0. The van der Waals surface area contributed by atoms with Gasteiger partial charge < -0.3 is 4.90 Å². The SMILES string of the molecule is CCCCCC(=O)N(CC)c1cc2c(s1)CCCC2. The minimum absolute atomic E-state index is 0.301. The van der Waals surface area contributed by atoms with E-state index >= 15 is 0 Å². The molecule has 106 valence electrons. The van der Waals surface area contributed by atoms with Gasteiger partial charge in [-0.3, -0.25) is 4.79 Å². The monoisotopic (exact) mass is 279 g/mol. The van der Waals surface area contributed by atoms with Crippen molar-refractivity contribution in [2.75, 3.05) is 11.4 Å². The number of amides is 1. The molecule has 0 fully saturated rings. The third-order valence-electron chi connectivity index (χ3n) is 3.86. The van der Waals surface area contributed by atoms with Crippen LogP contribution in [-0.4, -0.2) is 12.5 Å². The van der Waals surface area contributed by atoms with Gasteiger partial charge in [0, 0.05) is 17.8 Å². The number of hydrogen-bond acceptors (Lipinski definition) is 2. The third-order valence-corrected chi connectivity index (χ3v) is 5.12. The zero-order valence-electron chi connectivity index (χ0n) is 12.2. The third kappa shape index (κ3) is 3.59. The van der Waals surface area contributed by atoms with Gasteiger partial charge in [0.2, 0.25) is 5.91 Å². The Balaban J connectivity index is 2.04. The molecule has 1 amide bonds. The van der Waals surface area contributed by atoms with Crippen LogP contribution in [0.5, 0.6) is 0 Å². The highest BCUT2D eigenvalue weighted by Crippen LogP contribution is 2.35. The summed E-state index contributed by atoms with van der Waals surface area (Å²) in [6.45, 7) is 5.05. The topological polar surface area (TPSA) is 20.3 Å².